The lowest BCUT2D eigenvalue weighted by atomic mass is 10.2. The minimum absolute atomic E-state index is 0.108. The van der Waals surface area contributed by atoms with Gasteiger partial charge in [-0.1, -0.05) is 24.3 Å². The van der Waals surface area contributed by atoms with E-state index in [9.17, 15) is 9.59 Å². The van der Waals surface area contributed by atoms with E-state index in [0.29, 0.717) is 11.3 Å². The average molecular weight is 420 g/mol. The van der Waals surface area contributed by atoms with Gasteiger partial charge in [0.05, 0.1) is 11.6 Å². The quantitative estimate of drug-likeness (QED) is 0.424. The monoisotopic (exact) mass is 420 g/mol. The predicted octanol–water partition coefficient (Wildman–Crippen LogP) is 3.00. The molecule has 0 bridgehead atoms. The lowest BCUT2D eigenvalue weighted by Crippen LogP contribution is -2.35. The first kappa shape index (κ1) is 17.0. The van der Waals surface area contributed by atoms with E-state index in [1.165, 1.54) is 4.90 Å². The van der Waals surface area contributed by atoms with Crippen LogP contribution in [0.15, 0.2) is 54.6 Å². The van der Waals surface area contributed by atoms with Gasteiger partial charge in [0.25, 0.3) is 5.91 Å². The molecule has 0 saturated heterocycles. The molecule has 6 heteroatoms. The van der Waals surface area contributed by atoms with Gasteiger partial charge in [-0.15, -0.1) is 0 Å². The van der Waals surface area contributed by atoms with Gasteiger partial charge in [0, 0.05) is 9.26 Å². The zero-order chi connectivity index (χ0) is 16.7. The summed E-state index contributed by atoms with van der Waals surface area (Å²) < 4.78 is 5.95. The molecule has 23 heavy (non-hydrogen) atoms. The third kappa shape index (κ3) is 4.79. The Bertz CT molecular complexity index is 741. The molecule has 0 spiro atoms. The van der Waals surface area contributed by atoms with Crippen molar-refractivity contribution in [1.82, 2.24) is 0 Å². The molecule has 0 aliphatic carbocycles. The van der Waals surface area contributed by atoms with Crippen LogP contribution in [-0.4, -0.2) is 25.0 Å². The van der Waals surface area contributed by atoms with Crippen molar-refractivity contribution < 1.29 is 14.3 Å². The van der Waals surface area contributed by atoms with Crippen LogP contribution in [0.1, 0.15) is 10.4 Å². The van der Waals surface area contributed by atoms with Gasteiger partial charge in [-0.3, -0.25) is 9.69 Å². The third-order valence-corrected chi connectivity index (χ3v) is 3.66. The highest BCUT2D eigenvalue weighted by molar-refractivity contribution is 14.1. The standard InChI is InChI=1S/C17H13IN2O3/c18-14-6-4-5-13(11-14)17(22)23-12-16(21)20(10-9-19)15-7-2-1-3-8-15/h1-8,11H,10,12H2. The number of benzene rings is 2. The minimum Gasteiger partial charge on any atom is -0.452 e. The Labute approximate surface area is 147 Å². The van der Waals surface area contributed by atoms with Crippen LogP contribution in [0.5, 0.6) is 0 Å². The molecule has 0 aliphatic rings. The number of ether oxygens (including phenoxy) is 1. The molecule has 116 valence electrons. The number of amides is 1. The van der Waals surface area contributed by atoms with Crippen molar-refractivity contribution in [3.8, 4) is 6.07 Å². The second kappa shape index (κ2) is 8.29. The van der Waals surface area contributed by atoms with Gasteiger partial charge < -0.3 is 4.74 Å². The second-order valence-electron chi connectivity index (χ2n) is 4.56. The molecule has 5 nitrogen and oxygen atoms in total. The van der Waals surface area contributed by atoms with E-state index in [4.69, 9.17) is 10.00 Å². The Kier molecular flexibility index (Phi) is 6.11. The van der Waals surface area contributed by atoms with Gasteiger partial charge in [-0.2, -0.15) is 5.26 Å². The lowest BCUT2D eigenvalue weighted by molar-refractivity contribution is -0.121. The molecule has 2 aromatic carbocycles. The largest absolute Gasteiger partial charge is 0.452 e. The SMILES string of the molecule is N#CCN(C(=O)COC(=O)c1cccc(I)c1)c1ccccc1. The molecular formula is C17H13IN2O3. The zero-order valence-corrected chi connectivity index (χ0v) is 14.3. The predicted molar refractivity (Wildman–Crippen MR) is 93.8 cm³/mol. The van der Waals surface area contributed by atoms with Gasteiger partial charge in [-0.25, -0.2) is 4.79 Å². The minimum atomic E-state index is -0.568. The first-order chi connectivity index (χ1) is 11.1. The van der Waals surface area contributed by atoms with Crippen LogP contribution in [0, 0.1) is 14.9 Å². The number of carbonyl (C=O) groups excluding carboxylic acids is 2. The number of carbonyl (C=O) groups is 2. The summed E-state index contributed by atoms with van der Waals surface area (Å²) in [6.07, 6.45) is 0. The first-order valence-corrected chi connectivity index (χ1v) is 7.84. The molecule has 0 unspecified atom stereocenters. The third-order valence-electron chi connectivity index (χ3n) is 2.98. The molecule has 0 N–H and O–H groups in total. The number of esters is 1. The number of hydrogen-bond donors (Lipinski definition) is 0. The van der Waals surface area contributed by atoms with Crippen molar-refractivity contribution in [3.63, 3.8) is 0 Å². The molecule has 0 saturated carbocycles. The van der Waals surface area contributed by atoms with Crippen molar-refractivity contribution in [1.29, 1.82) is 5.26 Å². The van der Waals surface area contributed by atoms with Crippen molar-refractivity contribution in [3.05, 3.63) is 63.7 Å². The molecule has 2 aromatic rings. The maximum Gasteiger partial charge on any atom is 0.338 e. The van der Waals surface area contributed by atoms with Crippen LogP contribution >= 0.6 is 22.6 Å². The maximum atomic E-state index is 12.2. The maximum absolute atomic E-state index is 12.2. The van der Waals surface area contributed by atoms with E-state index in [1.807, 2.05) is 18.2 Å². The van der Waals surface area contributed by atoms with Crippen LogP contribution in [0.3, 0.4) is 0 Å². The van der Waals surface area contributed by atoms with Gasteiger partial charge in [0.2, 0.25) is 0 Å². The zero-order valence-electron chi connectivity index (χ0n) is 12.1. The Hall–Kier alpha value is -2.40. The summed E-state index contributed by atoms with van der Waals surface area (Å²) in [5, 5.41) is 8.88. The molecule has 1 amide bonds. The van der Waals surface area contributed by atoms with Crippen molar-refractivity contribution >= 4 is 40.2 Å². The summed E-state index contributed by atoms with van der Waals surface area (Å²) in [6, 6.07) is 17.6. The van der Waals surface area contributed by atoms with Crippen LogP contribution in [0.25, 0.3) is 0 Å². The van der Waals surface area contributed by atoms with E-state index in [0.717, 1.165) is 3.57 Å². The molecule has 0 fully saturated rings. The molecule has 0 atom stereocenters. The summed E-state index contributed by atoms with van der Waals surface area (Å²) in [7, 11) is 0. The van der Waals surface area contributed by atoms with Crippen molar-refractivity contribution in [2.24, 2.45) is 0 Å². The van der Waals surface area contributed by atoms with E-state index in [1.54, 1.807) is 42.5 Å². The van der Waals surface area contributed by atoms with Crippen LogP contribution in [0.2, 0.25) is 0 Å². The van der Waals surface area contributed by atoms with Gasteiger partial charge in [-0.05, 0) is 52.9 Å². The normalized spacial score (nSPS) is 9.74. The lowest BCUT2D eigenvalue weighted by Gasteiger charge is -2.19. The van der Waals surface area contributed by atoms with E-state index < -0.39 is 18.5 Å². The Morgan fingerprint density at radius 2 is 1.87 bits per heavy atom. The fraction of sp³-hybridized carbons (Fsp3) is 0.118. The van der Waals surface area contributed by atoms with E-state index in [2.05, 4.69) is 22.6 Å². The van der Waals surface area contributed by atoms with E-state index in [-0.39, 0.29) is 6.54 Å². The second-order valence-corrected chi connectivity index (χ2v) is 5.81. The highest BCUT2D eigenvalue weighted by Gasteiger charge is 2.18. The summed E-state index contributed by atoms with van der Waals surface area (Å²) >= 11 is 2.09. The summed E-state index contributed by atoms with van der Waals surface area (Å²) in [5.74, 6) is -1.02. The fourth-order valence-corrected chi connectivity index (χ4v) is 2.45. The van der Waals surface area contributed by atoms with Crippen LogP contribution < -0.4 is 4.90 Å². The number of anilines is 1. The number of hydrogen-bond acceptors (Lipinski definition) is 4. The van der Waals surface area contributed by atoms with Crippen molar-refractivity contribution in [2.75, 3.05) is 18.1 Å². The first-order valence-electron chi connectivity index (χ1n) is 6.77. The van der Waals surface area contributed by atoms with Crippen LogP contribution in [-0.2, 0) is 9.53 Å². The molecule has 0 aliphatic heterocycles. The number of halogens is 1. The van der Waals surface area contributed by atoms with Gasteiger partial charge in [0.15, 0.2) is 6.61 Å². The topological polar surface area (TPSA) is 70.4 Å². The highest BCUT2D eigenvalue weighted by Crippen LogP contribution is 2.14. The number of para-hydroxylation sites is 1. The number of nitrogens with zero attached hydrogens (tertiary/aromatic N) is 2. The molecular weight excluding hydrogens is 407 g/mol. The number of nitriles is 1. The summed E-state index contributed by atoms with van der Waals surface area (Å²) in [4.78, 5) is 25.5. The molecule has 0 aromatic heterocycles. The molecule has 2 rings (SSSR count). The van der Waals surface area contributed by atoms with Gasteiger partial charge >= 0.3 is 5.97 Å². The summed E-state index contributed by atoms with van der Waals surface area (Å²) in [5.41, 5.74) is 0.973. The van der Waals surface area contributed by atoms with Crippen LogP contribution in [0.4, 0.5) is 5.69 Å². The Morgan fingerprint density at radius 1 is 1.13 bits per heavy atom. The molecule has 0 heterocycles. The average Bonchev–Trinajstić information content (AvgIpc) is 2.58. The molecule has 0 radical (unpaired) electrons. The smallest absolute Gasteiger partial charge is 0.338 e. The Balaban J connectivity index is 2.02. The summed E-state index contributed by atoms with van der Waals surface area (Å²) in [6.45, 7) is -0.523. The highest BCUT2D eigenvalue weighted by atomic mass is 127. The fourth-order valence-electron chi connectivity index (χ4n) is 1.91. The Morgan fingerprint density at radius 3 is 2.52 bits per heavy atom. The van der Waals surface area contributed by atoms with Crippen molar-refractivity contribution in [2.45, 2.75) is 0 Å². The number of rotatable bonds is 5. The van der Waals surface area contributed by atoms with E-state index >= 15 is 0 Å². The van der Waals surface area contributed by atoms with Gasteiger partial charge in [0.1, 0.15) is 6.54 Å².